The number of esters is 1. The number of hydrogen-bond donors (Lipinski definition) is 1. The van der Waals surface area contributed by atoms with Crippen LogP contribution in [0.5, 0.6) is 0 Å². The van der Waals surface area contributed by atoms with Crippen molar-refractivity contribution in [3.8, 4) is 0 Å². The van der Waals surface area contributed by atoms with E-state index in [1.54, 1.807) is 0 Å². The van der Waals surface area contributed by atoms with Gasteiger partial charge in [0.05, 0.1) is 24.4 Å². The van der Waals surface area contributed by atoms with Crippen LogP contribution < -0.4 is 0 Å². The predicted molar refractivity (Wildman–Crippen MR) is 98.1 cm³/mol. The summed E-state index contributed by atoms with van der Waals surface area (Å²) in [5.74, 6) is -0.490. The molecule has 152 valence electrons. The molecule has 4 aliphatic rings. The zero-order chi connectivity index (χ0) is 19.2. The van der Waals surface area contributed by atoms with E-state index in [0.29, 0.717) is 19.4 Å². The standard InChI is InChI=1S/C21H32O6/c1-13-6-4-8-14(2)17-18-15-12-16(20(3,26-17)9-5-7-13)24-11-10-21(15,27-23)19(22)25-18/h7,14-18,23H,4-6,8-12H2,1-3H3. The van der Waals surface area contributed by atoms with Crippen LogP contribution in [0.15, 0.2) is 11.6 Å². The lowest BCUT2D eigenvalue weighted by Crippen LogP contribution is -2.48. The normalized spacial score (nSPS) is 47.9. The zero-order valence-electron chi connectivity index (χ0n) is 16.6. The third kappa shape index (κ3) is 3.15. The quantitative estimate of drug-likeness (QED) is 0.324. The molecule has 6 heteroatoms. The van der Waals surface area contributed by atoms with Crippen LogP contribution in [0.1, 0.15) is 65.7 Å². The smallest absolute Gasteiger partial charge is 0.342 e. The molecule has 4 bridgehead atoms. The maximum atomic E-state index is 12.7. The first-order chi connectivity index (χ1) is 12.9. The lowest BCUT2D eigenvalue weighted by Gasteiger charge is -2.39. The van der Waals surface area contributed by atoms with Crippen molar-refractivity contribution in [2.24, 2.45) is 11.8 Å². The number of ether oxygens (including phenoxy) is 3. The molecule has 1 N–H and O–H groups in total. The van der Waals surface area contributed by atoms with E-state index >= 15 is 0 Å². The molecule has 7 atom stereocenters. The Hall–Kier alpha value is -0.950. The van der Waals surface area contributed by atoms with Gasteiger partial charge in [-0.25, -0.2) is 9.68 Å². The molecular formula is C21H32O6. The van der Waals surface area contributed by atoms with Crippen LogP contribution in [-0.4, -0.2) is 47.3 Å². The topological polar surface area (TPSA) is 74.2 Å². The summed E-state index contributed by atoms with van der Waals surface area (Å²) < 4.78 is 18.8. The summed E-state index contributed by atoms with van der Waals surface area (Å²) in [7, 11) is 0. The van der Waals surface area contributed by atoms with E-state index < -0.39 is 23.3 Å². The Kier molecular flexibility index (Phi) is 5.12. The molecule has 0 aromatic carbocycles. The van der Waals surface area contributed by atoms with E-state index in [-0.39, 0.29) is 24.0 Å². The van der Waals surface area contributed by atoms with Crippen molar-refractivity contribution in [2.75, 3.05) is 6.61 Å². The number of carbonyl (C=O) groups is 1. The zero-order valence-corrected chi connectivity index (χ0v) is 16.6. The number of carbonyl (C=O) groups excluding carboxylic acids is 1. The van der Waals surface area contributed by atoms with Crippen LogP contribution in [0, 0.1) is 11.8 Å². The van der Waals surface area contributed by atoms with E-state index in [1.807, 2.05) is 0 Å². The van der Waals surface area contributed by atoms with Crippen LogP contribution in [0.2, 0.25) is 0 Å². The van der Waals surface area contributed by atoms with Gasteiger partial charge in [0, 0.05) is 12.3 Å². The summed E-state index contributed by atoms with van der Waals surface area (Å²) in [6.45, 7) is 6.86. The van der Waals surface area contributed by atoms with Crippen LogP contribution in [0.3, 0.4) is 0 Å². The molecule has 7 unspecified atom stereocenters. The molecule has 0 aliphatic carbocycles. The monoisotopic (exact) mass is 380 g/mol. The van der Waals surface area contributed by atoms with Crippen molar-refractivity contribution in [1.82, 2.24) is 0 Å². The number of hydrogen-bond acceptors (Lipinski definition) is 6. The first-order valence-electron chi connectivity index (χ1n) is 10.4. The lowest BCUT2D eigenvalue weighted by molar-refractivity contribution is -0.322. The minimum atomic E-state index is -1.32. The van der Waals surface area contributed by atoms with Crippen molar-refractivity contribution in [3.05, 3.63) is 11.6 Å². The van der Waals surface area contributed by atoms with Gasteiger partial charge in [-0.05, 0) is 58.3 Å². The minimum Gasteiger partial charge on any atom is -0.457 e. The van der Waals surface area contributed by atoms with Crippen LogP contribution in [0.4, 0.5) is 0 Å². The Morgan fingerprint density at radius 1 is 1.30 bits per heavy atom. The SMILES string of the molecule is CC1=CCCC2(C)OC(C(C)CCC1)C1OC(=O)C3(OO)CCOC2CC13. The Morgan fingerprint density at radius 2 is 2.11 bits per heavy atom. The molecule has 0 saturated carbocycles. The van der Waals surface area contributed by atoms with E-state index in [0.717, 1.165) is 32.1 Å². The van der Waals surface area contributed by atoms with Gasteiger partial charge >= 0.3 is 5.97 Å². The predicted octanol–water partition coefficient (Wildman–Crippen LogP) is 3.64. The maximum absolute atomic E-state index is 12.7. The first kappa shape index (κ1) is 19.4. The highest BCUT2D eigenvalue weighted by atomic mass is 17.1. The highest BCUT2D eigenvalue weighted by molar-refractivity contribution is 5.82. The van der Waals surface area contributed by atoms with Gasteiger partial charge in [-0.2, -0.15) is 0 Å². The second-order valence-corrected chi connectivity index (χ2v) is 9.16. The molecule has 0 radical (unpaired) electrons. The van der Waals surface area contributed by atoms with Gasteiger partial charge in [-0.15, -0.1) is 0 Å². The van der Waals surface area contributed by atoms with Gasteiger partial charge in [0.1, 0.15) is 6.10 Å². The molecule has 27 heavy (non-hydrogen) atoms. The number of fused-ring (bicyclic) bond motifs is 5. The van der Waals surface area contributed by atoms with Crippen LogP contribution in [-0.2, 0) is 23.9 Å². The van der Waals surface area contributed by atoms with Crippen molar-refractivity contribution in [1.29, 1.82) is 0 Å². The fraction of sp³-hybridized carbons (Fsp3) is 0.857. The Balaban J connectivity index is 1.75. The van der Waals surface area contributed by atoms with Gasteiger partial charge < -0.3 is 14.2 Å². The molecule has 0 aromatic heterocycles. The molecule has 0 amide bonds. The first-order valence-corrected chi connectivity index (χ1v) is 10.4. The van der Waals surface area contributed by atoms with E-state index in [2.05, 4.69) is 26.8 Å². The second-order valence-electron chi connectivity index (χ2n) is 9.16. The summed E-state index contributed by atoms with van der Waals surface area (Å²) in [4.78, 5) is 17.6. The minimum absolute atomic E-state index is 0.150. The molecule has 3 fully saturated rings. The molecule has 6 nitrogen and oxygen atoms in total. The number of allylic oxidation sites excluding steroid dienone is 2. The van der Waals surface area contributed by atoms with Gasteiger partial charge in [-0.3, -0.25) is 5.26 Å². The third-order valence-electron chi connectivity index (χ3n) is 7.34. The average molecular weight is 380 g/mol. The van der Waals surface area contributed by atoms with Gasteiger partial charge in [0.15, 0.2) is 0 Å². The summed E-state index contributed by atoms with van der Waals surface area (Å²) in [5, 5.41) is 9.70. The lowest BCUT2D eigenvalue weighted by atomic mass is 9.76. The Labute approximate surface area is 161 Å². The Morgan fingerprint density at radius 3 is 2.89 bits per heavy atom. The van der Waals surface area contributed by atoms with Gasteiger partial charge in [-0.1, -0.05) is 18.6 Å². The van der Waals surface area contributed by atoms with E-state index in [9.17, 15) is 10.1 Å². The molecule has 0 spiro atoms. The number of rotatable bonds is 1. The second kappa shape index (κ2) is 7.14. The van der Waals surface area contributed by atoms with Gasteiger partial charge in [0.2, 0.25) is 5.60 Å². The van der Waals surface area contributed by atoms with Crippen LogP contribution >= 0.6 is 0 Å². The summed E-state index contributed by atoms with van der Waals surface area (Å²) >= 11 is 0. The van der Waals surface area contributed by atoms with Crippen molar-refractivity contribution >= 4 is 5.97 Å². The largest absolute Gasteiger partial charge is 0.457 e. The fourth-order valence-electron chi connectivity index (χ4n) is 5.55. The van der Waals surface area contributed by atoms with Crippen LogP contribution in [0.25, 0.3) is 0 Å². The molecule has 4 heterocycles. The fourth-order valence-corrected chi connectivity index (χ4v) is 5.55. The van der Waals surface area contributed by atoms with Gasteiger partial charge in [0.25, 0.3) is 0 Å². The molecule has 4 rings (SSSR count). The average Bonchev–Trinajstić information content (AvgIpc) is 2.79. The van der Waals surface area contributed by atoms with Crippen molar-refractivity contribution in [3.63, 3.8) is 0 Å². The molecular weight excluding hydrogens is 348 g/mol. The Bertz CT molecular complexity index is 618. The highest BCUT2D eigenvalue weighted by Crippen LogP contribution is 2.51. The summed E-state index contributed by atoms with van der Waals surface area (Å²) in [5.41, 5.74) is -0.346. The van der Waals surface area contributed by atoms with Crippen molar-refractivity contribution < 1.29 is 29.1 Å². The molecule has 4 aliphatic heterocycles. The highest BCUT2D eigenvalue weighted by Gasteiger charge is 2.66. The van der Waals surface area contributed by atoms with E-state index in [1.165, 1.54) is 5.57 Å². The summed E-state index contributed by atoms with van der Waals surface area (Å²) in [6.07, 6.45) is 7.45. The molecule has 0 aromatic rings. The third-order valence-corrected chi connectivity index (χ3v) is 7.34. The summed E-state index contributed by atoms with van der Waals surface area (Å²) in [6, 6.07) is 0. The van der Waals surface area contributed by atoms with E-state index in [4.69, 9.17) is 19.1 Å². The maximum Gasteiger partial charge on any atom is 0.342 e. The van der Waals surface area contributed by atoms with Crippen molar-refractivity contribution in [2.45, 2.75) is 95.2 Å². The molecule has 3 saturated heterocycles.